The highest BCUT2D eigenvalue weighted by Crippen LogP contribution is 2.21. The predicted octanol–water partition coefficient (Wildman–Crippen LogP) is 0.623. The van der Waals surface area contributed by atoms with Gasteiger partial charge in [-0.2, -0.15) is 5.10 Å². The number of hydrogen-bond acceptors (Lipinski definition) is 3. The van der Waals surface area contributed by atoms with E-state index in [9.17, 15) is 9.59 Å². The van der Waals surface area contributed by atoms with Crippen molar-refractivity contribution >= 4 is 27.8 Å². The lowest BCUT2D eigenvalue weighted by Gasteiger charge is -2.13. The first kappa shape index (κ1) is 13.7. The van der Waals surface area contributed by atoms with Crippen molar-refractivity contribution in [3.8, 4) is 0 Å². The average molecular weight is 304 g/mol. The Morgan fingerprint density at radius 2 is 2.18 bits per heavy atom. The van der Waals surface area contributed by atoms with Gasteiger partial charge in [-0.3, -0.25) is 9.48 Å². The minimum absolute atomic E-state index is 0.187. The van der Waals surface area contributed by atoms with E-state index in [0.717, 1.165) is 15.9 Å². The molecule has 2 N–H and O–H groups in total. The van der Waals surface area contributed by atoms with Crippen molar-refractivity contribution in [2.24, 2.45) is 7.05 Å². The molecule has 0 radical (unpaired) electrons. The molecule has 0 aliphatic rings. The zero-order valence-corrected chi connectivity index (χ0v) is 11.4. The van der Waals surface area contributed by atoms with Crippen molar-refractivity contribution in [3.05, 3.63) is 15.9 Å². The van der Waals surface area contributed by atoms with E-state index in [4.69, 9.17) is 5.11 Å². The van der Waals surface area contributed by atoms with Crippen LogP contribution in [0.25, 0.3) is 0 Å². The second kappa shape index (κ2) is 5.31. The highest BCUT2D eigenvalue weighted by Gasteiger charge is 2.22. The highest BCUT2D eigenvalue weighted by atomic mass is 79.9. The van der Waals surface area contributed by atoms with Crippen LogP contribution in [0.2, 0.25) is 0 Å². The quantitative estimate of drug-likeness (QED) is 0.854. The fourth-order valence-corrected chi connectivity index (χ4v) is 2.04. The van der Waals surface area contributed by atoms with Crippen LogP contribution in [0.4, 0.5) is 0 Å². The standard InChI is InChI=1S/C10H14BrN3O3/c1-5-9(11)8(14(3)13-5)4-7(10(16)17)12-6(2)15/h7H,4H2,1-3H3,(H,12,15)(H,16,17). The Hall–Kier alpha value is -1.37. The number of hydrogen-bond donors (Lipinski definition) is 2. The monoisotopic (exact) mass is 303 g/mol. The van der Waals surface area contributed by atoms with Gasteiger partial charge in [0.05, 0.1) is 15.9 Å². The average Bonchev–Trinajstić information content (AvgIpc) is 2.43. The molecular weight excluding hydrogens is 290 g/mol. The first-order valence-electron chi connectivity index (χ1n) is 5.00. The molecule has 1 aromatic rings. The van der Waals surface area contributed by atoms with Crippen LogP contribution in [-0.4, -0.2) is 32.8 Å². The van der Waals surface area contributed by atoms with E-state index in [1.807, 2.05) is 6.92 Å². The number of halogens is 1. The summed E-state index contributed by atoms with van der Waals surface area (Å²) in [5, 5.41) is 15.6. The molecule has 0 spiro atoms. The van der Waals surface area contributed by atoms with Crippen molar-refractivity contribution in [1.29, 1.82) is 0 Å². The molecule has 17 heavy (non-hydrogen) atoms. The molecule has 1 rings (SSSR count). The SMILES string of the molecule is CC(=O)NC(Cc1c(Br)c(C)nn1C)C(=O)O. The number of carboxylic acid groups (broad SMARTS) is 1. The fraction of sp³-hybridized carbons (Fsp3) is 0.500. The number of nitrogens with one attached hydrogen (secondary N) is 1. The Labute approximate surface area is 107 Å². The summed E-state index contributed by atoms with van der Waals surface area (Å²) in [6.45, 7) is 3.11. The van der Waals surface area contributed by atoms with E-state index >= 15 is 0 Å². The van der Waals surface area contributed by atoms with Gasteiger partial charge in [-0.25, -0.2) is 4.79 Å². The van der Waals surface area contributed by atoms with Gasteiger partial charge in [0.25, 0.3) is 0 Å². The molecule has 94 valence electrons. The van der Waals surface area contributed by atoms with E-state index < -0.39 is 12.0 Å². The van der Waals surface area contributed by atoms with Crippen molar-refractivity contribution in [2.75, 3.05) is 0 Å². The summed E-state index contributed by atoms with van der Waals surface area (Å²) in [6, 6.07) is -0.946. The lowest BCUT2D eigenvalue weighted by molar-refractivity contribution is -0.141. The summed E-state index contributed by atoms with van der Waals surface area (Å²) in [5.41, 5.74) is 1.53. The normalized spacial score (nSPS) is 12.2. The van der Waals surface area contributed by atoms with Crippen LogP contribution in [0.5, 0.6) is 0 Å². The van der Waals surface area contributed by atoms with Gasteiger partial charge in [0.2, 0.25) is 5.91 Å². The number of rotatable bonds is 4. The molecule has 0 aliphatic heterocycles. The molecule has 0 saturated carbocycles. The molecule has 1 aromatic heterocycles. The van der Waals surface area contributed by atoms with Gasteiger partial charge in [-0.15, -0.1) is 0 Å². The minimum atomic E-state index is -1.06. The van der Waals surface area contributed by atoms with Gasteiger partial charge in [-0.1, -0.05) is 0 Å². The summed E-state index contributed by atoms with van der Waals surface area (Å²) in [7, 11) is 1.74. The molecule has 1 amide bonds. The number of aryl methyl sites for hydroxylation is 2. The molecule has 0 bridgehead atoms. The fourth-order valence-electron chi connectivity index (χ4n) is 1.54. The molecule has 1 unspecified atom stereocenters. The van der Waals surface area contributed by atoms with Crippen molar-refractivity contribution in [3.63, 3.8) is 0 Å². The van der Waals surface area contributed by atoms with E-state index in [-0.39, 0.29) is 12.3 Å². The van der Waals surface area contributed by atoms with Crippen molar-refractivity contribution in [2.45, 2.75) is 26.3 Å². The van der Waals surface area contributed by atoms with E-state index in [1.165, 1.54) is 6.92 Å². The third-order valence-electron chi connectivity index (χ3n) is 2.33. The molecule has 0 fully saturated rings. The molecular formula is C10H14BrN3O3. The van der Waals surface area contributed by atoms with Crippen LogP contribution < -0.4 is 5.32 Å². The lowest BCUT2D eigenvalue weighted by atomic mass is 10.1. The Bertz CT molecular complexity index is 456. The predicted molar refractivity (Wildman–Crippen MR) is 64.6 cm³/mol. The maximum atomic E-state index is 11.0. The topological polar surface area (TPSA) is 84.2 Å². The Kier molecular flexibility index (Phi) is 4.28. The van der Waals surface area contributed by atoms with E-state index in [1.54, 1.807) is 11.7 Å². The van der Waals surface area contributed by atoms with Gasteiger partial charge in [0, 0.05) is 20.4 Å². The smallest absolute Gasteiger partial charge is 0.326 e. The van der Waals surface area contributed by atoms with Crippen LogP contribution in [0.15, 0.2) is 4.47 Å². The third kappa shape index (κ3) is 3.29. The number of aromatic nitrogens is 2. The molecule has 0 saturated heterocycles. The maximum absolute atomic E-state index is 11.0. The van der Waals surface area contributed by atoms with Crippen LogP contribution in [0.1, 0.15) is 18.3 Å². The van der Waals surface area contributed by atoms with Crippen LogP contribution in [0, 0.1) is 6.92 Å². The Morgan fingerprint density at radius 3 is 2.53 bits per heavy atom. The van der Waals surface area contributed by atoms with Gasteiger partial charge in [-0.05, 0) is 22.9 Å². The molecule has 7 heteroatoms. The van der Waals surface area contributed by atoms with Gasteiger partial charge >= 0.3 is 5.97 Å². The zero-order valence-electron chi connectivity index (χ0n) is 9.82. The number of nitrogens with zero attached hydrogens (tertiary/aromatic N) is 2. The van der Waals surface area contributed by atoms with E-state index in [0.29, 0.717) is 0 Å². The molecule has 0 aliphatic carbocycles. The second-order valence-corrected chi connectivity index (χ2v) is 4.56. The summed E-state index contributed by atoms with van der Waals surface area (Å²) < 4.78 is 2.38. The van der Waals surface area contributed by atoms with Crippen molar-refractivity contribution in [1.82, 2.24) is 15.1 Å². The zero-order chi connectivity index (χ0) is 13.2. The molecule has 1 heterocycles. The summed E-state index contributed by atoms with van der Waals surface area (Å²) >= 11 is 3.36. The first-order chi connectivity index (χ1) is 7.82. The number of carboxylic acids is 1. The van der Waals surface area contributed by atoms with Crippen LogP contribution >= 0.6 is 15.9 Å². The number of carbonyl (C=O) groups is 2. The third-order valence-corrected chi connectivity index (χ3v) is 3.37. The molecule has 0 aromatic carbocycles. The van der Waals surface area contributed by atoms with Gasteiger partial charge in [0.15, 0.2) is 0 Å². The minimum Gasteiger partial charge on any atom is -0.480 e. The van der Waals surface area contributed by atoms with Gasteiger partial charge < -0.3 is 10.4 Å². The lowest BCUT2D eigenvalue weighted by Crippen LogP contribution is -2.41. The number of aliphatic carboxylic acids is 1. The summed E-state index contributed by atoms with van der Waals surface area (Å²) in [6.07, 6.45) is 0.187. The molecule has 1 atom stereocenters. The summed E-state index contributed by atoms with van der Waals surface area (Å²) in [4.78, 5) is 21.9. The summed E-state index contributed by atoms with van der Waals surface area (Å²) in [5.74, 6) is -1.43. The number of carbonyl (C=O) groups excluding carboxylic acids is 1. The second-order valence-electron chi connectivity index (χ2n) is 3.77. The van der Waals surface area contributed by atoms with Crippen LogP contribution in [-0.2, 0) is 23.1 Å². The Morgan fingerprint density at radius 1 is 1.59 bits per heavy atom. The van der Waals surface area contributed by atoms with Gasteiger partial charge in [0.1, 0.15) is 6.04 Å². The van der Waals surface area contributed by atoms with Crippen LogP contribution in [0.3, 0.4) is 0 Å². The highest BCUT2D eigenvalue weighted by molar-refractivity contribution is 9.10. The number of amides is 1. The van der Waals surface area contributed by atoms with E-state index in [2.05, 4.69) is 26.3 Å². The first-order valence-corrected chi connectivity index (χ1v) is 5.80. The van der Waals surface area contributed by atoms with Crippen molar-refractivity contribution < 1.29 is 14.7 Å². The molecule has 6 nitrogen and oxygen atoms in total. The largest absolute Gasteiger partial charge is 0.480 e. The maximum Gasteiger partial charge on any atom is 0.326 e. The Balaban J connectivity index is 2.93.